The van der Waals surface area contributed by atoms with Crippen molar-refractivity contribution in [2.45, 2.75) is 37.8 Å². The van der Waals surface area contributed by atoms with Crippen LogP contribution in [0, 0.1) is 0 Å². The van der Waals surface area contributed by atoms with E-state index in [2.05, 4.69) is 32.7 Å². The first-order chi connectivity index (χ1) is 7.79. The fourth-order valence-corrected chi connectivity index (χ4v) is 3.44. The average Bonchev–Trinajstić information content (AvgIpc) is 2.91. The first-order valence-electron chi connectivity index (χ1n) is 5.82. The fraction of sp³-hybridized carbons (Fsp3) is 0.667. The highest BCUT2D eigenvalue weighted by Gasteiger charge is 2.18. The number of thiophene rings is 1. The minimum absolute atomic E-state index is 0.465. The fourth-order valence-electron chi connectivity index (χ4n) is 2.21. The summed E-state index contributed by atoms with van der Waals surface area (Å²) in [4.78, 5) is 0. The van der Waals surface area contributed by atoms with Crippen LogP contribution in [0.3, 0.4) is 0 Å². The molecule has 1 saturated heterocycles. The van der Waals surface area contributed by atoms with Crippen molar-refractivity contribution in [3.63, 3.8) is 0 Å². The molecule has 16 heavy (non-hydrogen) atoms. The Bertz CT molecular complexity index is 323. The lowest BCUT2D eigenvalue weighted by molar-refractivity contribution is 0.0998. The molecule has 1 aromatic rings. The summed E-state index contributed by atoms with van der Waals surface area (Å²) in [6.07, 6.45) is 5.30. The molecule has 2 unspecified atom stereocenters. The van der Waals surface area contributed by atoms with Crippen LogP contribution < -0.4 is 5.32 Å². The molecule has 2 rings (SSSR count). The van der Waals surface area contributed by atoms with Crippen LogP contribution in [0.15, 0.2) is 15.2 Å². The Labute approximate surface area is 110 Å². The largest absolute Gasteiger partial charge is 0.378 e. The van der Waals surface area contributed by atoms with Gasteiger partial charge >= 0.3 is 0 Å². The molecule has 0 bridgehead atoms. The van der Waals surface area contributed by atoms with Gasteiger partial charge in [0.25, 0.3) is 0 Å². The third kappa shape index (κ3) is 3.29. The van der Waals surface area contributed by atoms with E-state index < -0.39 is 0 Å². The molecule has 2 atom stereocenters. The van der Waals surface area contributed by atoms with Gasteiger partial charge in [-0.15, -0.1) is 11.3 Å². The van der Waals surface area contributed by atoms with Crippen molar-refractivity contribution < 1.29 is 4.74 Å². The van der Waals surface area contributed by atoms with E-state index in [1.165, 1.54) is 28.6 Å². The molecule has 0 saturated carbocycles. The predicted molar refractivity (Wildman–Crippen MR) is 72.0 cm³/mol. The number of halogens is 1. The van der Waals surface area contributed by atoms with E-state index in [0.29, 0.717) is 12.1 Å². The maximum atomic E-state index is 5.65. The smallest absolute Gasteiger partial charge is 0.0701 e. The van der Waals surface area contributed by atoms with Gasteiger partial charge in [0.15, 0.2) is 0 Å². The SMILES string of the molecule is CNC(CCC1CCCO1)c1csc(Br)c1. The van der Waals surface area contributed by atoms with Crippen LogP contribution in [0.5, 0.6) is 0 Å². The van der Waals surface area contributed by atoms with Crippen LogP contribution in [0.1, 0.15) is 37.3 Å². The number of hydrogen-bond acceptors (Lipinski definition) is 3. The van der Waals surface area contributed by atoms with Gasteiger partial charge in [-0.05, 0) is 65.7 Å². The Hall–Kier alpha value is 0.100. The van der Waals surface area contributed by atoms with Gasteiger partial charge in [0.2, 0.25) is 0 Å². The van der Waals surface area contributed by atoms with Crippen LogP contribution in [-0.4, -0.2) is 19.8 Å². The average molecular weight is 304 g/mol. The van der Waals surface area contributed by atoms with Crippen LogP contribution >= 0.6 is 27.3 Å². The topological polar surface area (TPSA) is 21.3 Å². The van der Waals surface area contributed by atoms with Gasteiger partial charge in [-0.3, -0.25) is 0 Å². The third-order valence-electron chi connectivity index (χ3n) is 3.14. The summed E-state index contributed by atoms with van der Waals surface area (Å²) in [6, 6.07) is 2.67. The lowest BCUT2D eigenvalue weighted by atomic mass is 10.0. The predicted octanol–water partition coefficient (Wildman–Crippen LogP) is 3.73. The Balaban J connectivity index is 1.85. The lowest BCUT2D eigenvalue weighted by Gasteiger charge is -2.17. The monoisotopic (exact) mass is 303 g/mol. The van der Waals surface area contributed by atoms with Gasteiger partial charge in [0, 0.05) is 12.6 Å². The van der Waals surface area contributed by atoms with Crippen molar-refractivity contribution in [3.8, 4) is 0 Å². The maximum absolute atomic E-state index is 5.65. The molecule has 0 aliphatic carbocycles. The number of ether oxygens (including phenoxy) is 1. The van der Waals surface area contributed by atoms with Crippen LogP contribution in [-0.2, 0) is 4.74 Å². The minimum Gasteiger partial charge on any atom is -0.378 e. The summed E-state index contributed by atoms with van der Waals surface area (Å²) < 4.78 is 6.86. The normalized spacial score (nSPS) is 22.5. The second kappa shape index (κ2) is 6.15. The van der Waals surface area contributed by atoms with Crippen molar-refractivity contribution in [1.82, 2.24) is 5.32 Å². The molecule has 0 aromatic carbocycles. The molecule has 90 valence electrons. The van der Waals surface area contributed by atoms with E-state index in [9.17, 15) is 0 Å². The molecule has 0 radical (unpaired) electrons. The van der Waals surface area contributed by atoms with Crippen molar-refractivity contribution >= 4 is 27.3 Å². The Morgan fingerprint density at radius 2 is 2.56 bits per heavy atom. The second-order valence-corrected chi connectivity index (χ2v) is 6.53. The van der Waals surface area contributed by atoms with E-state index >= 15 is 0 Å². The highest BCUT2D eigenvalue weighted by molar-refractivity contribution is 9.11. The van der Waals surface area contributed by atoms with Crippen LogP contribution in [0.25, 0.3) is 0 Å². The maximum Gasteiger partial charge on any atom is 0.0701 e. The third-order valence-corrected chi connectivity index (χ3v) is 4.66. The van der Waals surface area contributed by atoms with Gasteiger partial charge in [0.05, 0.1) is 9.89 Å². The van der Waals surface area contributed by atoms with Gasteiger partial charge < -0.3 is 10.1 Å². The standard InChI is InChI=1S/C12H18BrNOS/c1-14-11(9-7-12(13)16-8-9)5-4-10-3-2-6-15-10/h7-8,10-11,14H,2-6H2,1H3. The molecule has 1 aliphatic rings. The molecular formula is C12H18BrNOS. The zero-order valence-electron chi connectivity index (χ0n) is 9.54. The van der Waals surface area contributed by atoms with E-state index in [1.54, 1.807) is 11.3 Å². The van der Waals surface area contributed by atoms with Crippen LogP contribution in [0.2, 0.25) is 0 Å². The molecule has 1 fully saturated rings. The molecular weight excluding hydrogens is 286 g/mol. The zero-order chi connectivity index (χ0) is 11.4. The zero-order valence-corrected chi connectivity index (χ0v) is 11.9. The number of hydrogen-bond donors (Lipinski definition) is 1. The Morgan fingerprint density at radius 1 is 1.69 bits per heavy atom. The van der Waals surface area contributed by atoms with E-state index in [-0.39, 0.29) is 0 Å². The number of rotatable bonds is 5. The molecule has 1 aliphatic heterocycles. The molecule has 2 nitrogen and oxygen atoms in total. The quantitative estimate of drug-likeness (QED) is 0.895. The molecule has 0 amide bonds. The van der Waals surface area contributed by atoms with Gasteiger partial charge in [0.1, 0.15) is 0 Å². The lowest BCUT2D eigenvalue weighted by Crippen LogP contribution is -2.18. The van der Waals surface area contributed by atoms with Crippen molar-refractivity contribution in [1.29, 1.82) is 0 Å². The molecule has 4 heteroatoms. The van der Waals surface area contributed by atoms with Gasteiger partial charge in [-0.2, -0.15) is 0 Å². The van der Waals surface area contributed by atoms with E-state index in [4.69, 9.17) is 4.74 Å². The minimum atomic E-state index is 0.465. The molecule has 2 heterocycles. The molecule has 1 aromatic heterocycles. The van der Waals surface area contributed by atoms with Gasteiger partial charge in [-0.1, -0.05) is 0 Å². The summed E-state index contributed by atoms with van der Waals surface area (Å²) in [5.41, 5.74) is 1.39. The Morgan fingerprint density at radius 3 is 3.12 bits per heavy atom. The Kier molecular flexibility index (Phi) is 4.82. The summed E-state index contributed by atoms with van der Waals surface area (Å²) >= 11 is 5.26. The first kappa shape index (κ1) is 12.6. The summed E-state index contributed by atoms with van der Waals surface area (Å²) in [7, 11) is 2.03. The highest BCUT2D eigenvalue weighted by atomic mass is 79.9. The van der Waals surface area contributed by atoms with Crippen molar-refractivity contribution in [2.24, 2.45) is 0 Å². The highest BCUT2D eigenvalue weighted by Crippen LogP contribution is 2.29. The van der Waals surface area contributed by atoms with E-state index in [1.807, 2.05) is 7.05 Å². The summed E-state index contributed by atoms with van der Waals surface area (Å²) in [5, 5.41) is 5.61. The molecule has 1 N–H and O–H groups in total. The number of nitrogens with one attached hydrogen (secondary N) is 1. The van der Waals surface area contributed by atoms with Gasteiger partial charge in [-0.25, -0.2) is 0 Å². The van der Waals surface area contributed by atoms with Crippen molar-refractivity contribution in [3.05, 3.63) is 20.8 Å². The molecule has 0 spiro atoms. The summed E-state index contributed by atoms with van der Waals surface area (Å²) in [6.45, 7) is 0.957. The second-order valence-electron chi connectivity index (χ2n) is 4.24. The van der Waals surface area contributed by atoms with Crippen molar-refractivity contribution in [2.75, 3.05) is 13.7 Å². The summed E-state index contributed by atoms with van der Waals surface area (Å²) in [5.74, 6) is 0. The first-order valence-corrected chi connectivity index (χ1v) is 7.49. The van der Waals surface area contributed by atoms with E-state index in [0.717, 1.165) is 13.0 Å². The van der Waals surface area contributed by atoms with Crippen LogP contribution in [0.4, 0.5) is 0 Å².